The van der Waals surface area contributed by atoms with Crippen molar-refractivity contribution in [3.8, 4) is 44.5 Å². The summed E-state index contributed by atoms with van der Waals surface area (Å²) < 4.78 is 6.46. The van der Waals surface area contributed by atoms with Gasteiger partial charge in [0.2, 0.25) is 0 Å². The van der Waals surface area contributed by atoms with E-state index in [1.807, 2.05) is 12.1 Å². The van der Waals surface area contributed by atoms with Crippen molar-refractivity contribution in [3.05, 3.63) is 212 Å². The first-order valence-corrected chi connectivity index (χ1v) is 18.4. The van der Waals surface area contributed by atoms with Gasteiger partial charge in [0.1, 0.15) is 11.2 Å². The van der Waals surface area contributed by atoms with Crippen molar-refractivity contribution >= 4 is 49.8 Å². The van der Waals surface area contributed by atoms with E-state index in [4.69, 9.17) is 4.42 Å². The van der Waals surface area contributed by atoms with Crippen molar-refractivity contribution in [2.75, 3.05) is 4.90 Å². The molecule has 9 aromatic carbocycles. The Labute approximate surface area is 314 Å². The average molecular weight is 690 g/mol. The average Bonchev–Trinajstić information content (AvgIpc) is 3.64. The Bertz CT molecular complexity index is 2920. The van der Waals surface area contributed by atoms with Gasteiger partial charge < -0.3 is 9.32 Å². The molecule has 0 amide bonds. The van der Waals surface area contributed by atoms with Gasteiger partial charge in [-0.3, -0.25) is 0 Å². The first-order chi connectivity index (χ1) is 26.7. The van der Waals surface area contributed by atoms with E-state index in [9.17, 15) is 0 Å². The first-order valence-electron chi connectivity index (χ1n) is 18.4. The lowest BCUT2D eigenvalue weighted by atomic mass is 9.97. The highest BCUT2D eigenvalue weighted by molar-refractivity contribution is 6.09. The summed E-state index contributed by atoms with van der Waals surface area (Å²) >= 11 is 0. The summed E-state index contributed by atoms with van der Waals surface area (Å²) in [6.45, 7) is 0. The van der Waals surface area contributed by atoms with Gasteiger partial charge in [0.25, 0.3) is 0 Å². The minimum atomic E-state index is 0.902. The van der Waals surface area contributed by atoms with Crippen LogP contribution in [0.4, 0.5) is 17.1 Å². The number of rotatable bonds is 7. The van der Waals surface area contributed by atoms with Crippen molar-refractivity contribution < 1.29 is 4.42 Å². The topological polar surface area (TPSA) is 16.4 Å². The van der Waals surface area contributed by atoms with E-state index in [0.29, 0.717) is 0 Å². The number of anilines is 3. The lowest BCUT2D eigenvalue weighted by Gasteiger charge is -2.26. The van der Waals surface area contributed by atoms with E-state index in [1.165, 1.54) is 44.2 Å². The molecule has 10 aromatic rings. The fraction of sp³-hybridized carbons (Fsp3) is 0. The Morgan fingerprint density at radius 3 is 1.63 bits per heavy atom. The van der Waals surface area contributed by atoms with Gasteiger partial charge in [-0.15, -0.1) is 0 Å². The number of fused-ring (bicyclic) bond motifs is 4. The molecule has 0 aliphatic rings. The fourth-order valence-corrected chi connectivity index (χ4v) is 7.72. The van der Waals surface area contributed by atoms with Crippen LogP contribution in [0, 0.1) is 0 Å². The summed E-state index contributed by atoms with van der Waals surface area (Å²) in [5.74, 6) is 0. The van der Waals surface area contributed by atoms with Gasteiger partial charge in [0, 0.05) is 33.4 Å². The molecule has 0 spiro atoms. The van der Waals surface area contributed by atoms with Crippen molar-refractivity contribution in [2.24, 2.45) is 0 Å². The molecule has 0 saturated heterocycles. The van der Waals surface area contributed by atoms with Gasteiger partial charge in [0.15, 0.2) is 0 Å². The van der Waals surface area contributed by atoms with Crippen molar-refractivity contribution in [3.63, 3.8) is 0 Å². The summed E-state index contributed by atoms with van der Waals surface area (Å²) in [4.78, 5) is 2.34. The largest absolute Gasteiger partial charge is 0.455 e. The lowest BCUT2D eigenvalue weighted by molar-refractivity contribution is 0.670. The van der Waals surface area contributed by atoms with E-state index < -0.39 is 0 Å². The molecular formula is C52H35NO. The Hall–Kier alpha value is -7.16. The third-order valence-corrected chi connectivity index (χ3v) is 10.5. The van der Waals surface area contributed by atoms with Crippen LogP contribution >= 0.6 is 0 Å². The summed E-state index contributed by atoms with van der Waals surface area (Å²) in [5, 5.41) is 4.76. The molecule has 2 nitrogen and oxygen atoms in total. The predicted molar refractivity (Wildman–Crippen MR) is 228 cm³/mol. The second kappa shape index (κ2) is 13.4. The molecule has 2 heteroatoms. The molecule has 0 aliphatic carbocycles. The van der Waals surface area contributed by atoms with Crippen LogP contribution in [0.25, 0.3) is 77.2 Å². The number of nitrogens with zero attached hydrogens (tertiary/aromatic N) is 1. The number of furan rings is 1. The zero-order valence-corrected chi connectivity index (χ0v) is 29.6. The van der Waals surface area contributed by atoms with Gasteiger partial charge in [-0.05, 0) is 104 Å². The van der Waals surface area contributed by atoms with Crippen LogP contribution in [0.5, 0.6) is 0 Å². The lowest BCUT2D eigenvalue weighted by Crippen LogP contribution is -2.10. The van der Waals surface area contributed by atoms with Gasteiger partial charge in [-0.2, -0.15) is 0 Å². The quantitative estimate of drug-likeness (QED) is 0.166. The monoisotopic (exact) mass is 689 g/mol. The zero-order valence-electron chi connectivity index (χ0n) is 29.6. The molecule has 254 valence electrons. The van der Waals surface area contributed by atoms with Gasteiger partial charge in [0.05, 0.1) is 0 Å². The maximum atomic E-state index is 6.46. The molecule has 0 saturated carbocycles. The molecule has 0 atom stereocenters. The maximum absolute atomic E-state index is 6.46. The Balaban J connectivity index is 1.04. The van der Waals surface area contributed by atoms with Crippen LogP contribution in [0.2, 0.25) is 0 Å². The van der Waals surface area contributed by atoms with Crippen LogP contribution < -0.4 is 4.90 Å². The molecule has 1 heterocycles. The summed E-state index contributed by atoms with van der Waals surface area (Å²) in [5.41, 5.74) is 14.4. The van der Waals surface area contributed by atoms with E-state index in [2.05, 4.69) is 205 Å². The molecule has 0 bridgehead atoms. The molecule has 0 aliphatic heterocycles. The van der Waals surface area contributed by atoms with Crippen LogP contribution in [0.1, 0.15) is 0 Å². The maximum Gasteiger partial charge on any atom is 0.143 e. The van der Waals surface area contributed by atoms with Crippen LogP contribution in [0.3, 0.4) is 0 Å². The van der Waals surface area contributed by atoms with Crippen LogP contribution in [-0.2, 0) is 0 Å². The molecule has 0 N–H and O–H groups in total. The van der Waals surface area contributed by atoms with Crippen molar-refractivity contribution in [1.29, 1.82) is 0 Å². The number of para-hydroxylation sites is 2. The highest BCUT2D eigenvalue weighted by atomic mass is 16.3. The SMILES string of the molecule is c1ccc(-c2ccc(N(c3ccc(-c4cccc(-c5ccc6ccccc6c5)c4)cc3)c3cccc(-c4cccc5c4oc4ccccc45)c3)cc2)cc1. The molecule has 54 heavy (non-hydrogen) atoms. The Morgan fingerprint density at radius 1 is 0.296 bits per heavy atom. The minimum absolute atomic E-state index is 0.902. The van der Waals surface area contributed by atoms with Crippen molar-refractivity contribution in [2.45, 2.75) is 0 Å². The number of hydrogen-bond acceptors (Lipinski definition) is 2. The molecule has 10 rings (SSSR count). The van der Waals surface area contributed by atoms with Crippen LogP contribution in [0.15, 0.2) is 217 Å². The third-order valence-electron chi connectivity index (χ3n) is 10.5. The Kier molecular flexibility index (Phi) is 7.85. The second-order valence-electron chi connectivity index (χ2n) is 13.8. The molecule has 0 radical (unpaired) electrons. The third kappa shape index (κ3) is 5.81. The van der Waals surface area contributed by atoms with Crippen LogP contribution in [-0.4, -0.2) is 0 Å². The van der Waals surface area contributed by atoms with Gasteiger partial charge >= 0.3 is 0 Å². The minimum Gasteiger partial charge on any atom is -0.455 e. The van der Waals surface area contributed by atoms with Crippen molar-refractivity contribution in [1.82, 2.24) is 0 Å². The molecular weight excluding hydrogens is 655 g/mol. The van der Waals surface area contributed by atoms with E-state index >= 15 is 0 Å². The summed E-state index contributed by atoms with van der Waals surface area (Å²) in [7, 11) is 0. The standard InChI is InChI=1S/C52H35NO/c1-2-11-36(12-3-1)38-25-29-45(30-26-38)53(47-18-9-17-44(35-47)48-20-10-21-50-49-19-6-7-22-51(49)54-52(48)50)46-31-27-39(28-32-46)41-15-8-16-42(33-41)43-24-23-37-13-4-5-14-40(37)34-43/h1-35H. The zero-order chi connectivity index (χ0) is 35.8. The van der Waals surface area contributed by atoms with Gasteiger partial charge in [-0.25, -0.2) is 0 Å². The highest BCUT2D eigenvalue weighted by Gasteiger charge is 2.17. The normalized spacial score (nSPS) is 11.3. The smallest absolute Gasteiger partial charge is 0.143 e. The van der Waals surface area contributed by atoms with E-state index in [1.54, 1.807) is 0 Å². The highest BCUT2D eigenvalue weighted by Crippen LogP contribution is 2.41. The molecule has 0 unspecified atom stereocenters. The second-order valence-corrected chi connectivity index (χ2v) is 13.8. The fourth-order valence-electron chi connectivity index (χ4n) is 7.72. The number of benzene rings is 9. The summed E-state index contributed by atoms with van der Waals surface area (Å²) in [6, 6.07) is 75.9. The molecule has 1 aromatic heterocycles. The predicted octanol–water partition coefficient (Wildman–Crippen LogP) is 14.9. The first kappa shape index (κ1) is 31.6. The summed E-state index contributed by atoms with van der Waals surface area (Å²) in [6.07, 6.45) is 0. The number of hydrogen-bond donors (Lipinski definition) is 0. The Morgan fingerprint density at radius 2 is 0.833 bits per heavy atom. The van der Waals surface area contributed by atoms with Gasteiger partial charge in [-0.1, -0.05) is 158 Å². The van der Waals surface area contributed by atoms with E-state index in [-0.39, 0.29) is 0 Å². The van der Waals surface area contributed by atoms with E-state index in [0.717, 1.165) is 50.1 Å². The molecule has 0 fully saturated rings.